The summed E-state index contributed by atoms with van der Waals surface area (Å²) in [5.41, 5.74) is 2.68. The van der Waals surface area contributed by atoms with E-state index in [1.807, 2.05) is 48.9 Å². The Bertz CT molecular complexity index is 1360. The molecular formula is C29H35ClF3N5O4. The number of carbonyl (C=O) groups excluding carboxylic acids is 2. The van der Waals surface area contributed by atoms with Gasteiger partial charge in [0.1, 0.15) is 11.6 Å². The van der Waals surface area contributed by atoms with Gasteiger partial charge in [-0.1, -0.05) is 35.9 Å². The number of rotatable bonds is 12. The standard InChI is InChI=1S/C29H35ClF3N5O4/c1-5-38-16-24(37-26(38)17(2)35-28(41)34-4)20-8-6-19(7-9-20)14-22(12-13-39)36-27(40)21-10-11-25(23(30)15-21)42-18(3)29(31,32)33/h6-11,15-18,22,39H,5,12-14H2,1-4H3,(H,36,40)(H2,34,35,41)/t17-,18-,22-/m1/s1. The van der Waals surface area contributed by atoms with Gasteiger partial charge >= 0.3 is 12.2 Å². The molecule has 0 aliphatic heterocycles. The van der Waals surface area contributed by atoms with Crippen molar-refractivity contribution in [3.63, 3.8) is 0 Å². The second-order valence-electron chi connectivity index (χ2n) is 9.75. The molecule has 2 aromatic carbocycles. The van der Waals surface area contributed by atoms with Gasteiger partial charge in [0.15, 0.2) is 6.10 Å². The Kier molecular flexibility index (Phi) is 11.2. The molecule has 1 heterocycles. The number of ether oxygens (including phenoxy) is 1. The number of urea groups is 1. The van der Waals surface area contributed by atoms with Crippen LogP contribution in [-0.4, -0.2) is 58.6 Å². The van der Waals surface area contributed by atoms with Gasteiger partial charge in [-0.05, 0) is 57.4 Å². The van der Waals surface area contributed by atoms with Crippen LogP contribution in [0.5, 0.6) is 5.75 Å². The summed E-state index contributed by atoms with van der Waals surface area (Å²) in [4.78, 5) is 29.4. The van der Waals surface area contributed by atoms with Gasteiger partial charge in [-0.2, -0.15) is 13.2 Å². The Morgan fingerprint density at radius 3 is 2.38 bits per heavy atom. The Morgan fingerprint density at radius 1 is 1.12 bits per heavy atom. The van der Waals surface area contributed by atoms with Crippen LogP contribution < -0.4 is 20.7 Å². The van der Waals surface area contributed by atoms with E-state index in [-0.39, 0.29) is 41.4 Å². The number of aryl methyl sites for hydroxylation is 1. The number of aliphatic hydroxyl groups excluding tert-OH is 1. The van der Waals surface area contributed by atoms with E-state index in [0.29, 0.717) is 13.0 Å². The van der Waals surface area contributed by atoms with Gasteiger partial charge in [0.25, 0.3) is 5.91 Å². The largest absolute Gasteiger partial charge is 0.480 e. The van der Waals surface area contributed by atoms with Gasteiger partial charge in [0.2, 0.25) is 0 Å². The average molecular weight is 610 g/mol. The van der Waals surface area contributed by atoms with Crippen LogP contribution in [0.1, 0.15) is 55.0 Å². The minimum atomic E-state index is -4.56. The number of alkyl halides is 3. The summed E-state index contributed by atoms with van der Waals surface area (Å²) in [5, 5.41) is 17.7. The number of nitrogens with zero attached hydrogens (tertiary/aromatic N) is 2. The van der Waals surface area contributed by atoms with Crippen LogP contribution in [0.4, 0.5) is 18.0 Å². The smallest absolute Gasteiger partial charge is 0.425 e. The molecule has 4 N–H and O–H groups in total. The number of amides is 3. The first-order valence-corrected chi connectivity index (χ1v) is 13.8. The van der Waals surface area contributed by atoms with Crippen molar-refractivity contribution < 1.29 is 32.6 Å². The Labute approximate surface area is 247 Å². The number of hydrogen-bond acceptors (Lipinski definition) is 5. The summed E-state index contributed by atoms with van der Waals surface area (Å²) in [6.45, 7) is 5.23. The van der Waals surface area contributed by atoms with Gasteiger partial charge in [0.05, 0.1) is 16.8 Å². The average Bonchev–Trinajstić information content (AvgIpc) is 3.38. The molecule has 3 amide bonds. The number of carbonyl (C=O) groups is 2. The van der Waals surface area contributed by atoms with Crippen LogP contribution in [-0.2, 0) is 13.0 Å². The molecule has 0 aliphatic carbocycles. The second-order valence-corrected chi connectivity index (χ2v) is 10.2. The maximum atomic E-state index is 12.9. The minimum Gasteiger partial charge on any atom is -0.480 e. The molecule has 0 fully saturated rings. The van der Waals surface area contributed by atoms with E-state index in [1.54, 1.807) is 7.05 Å². The maximum absolute atomic E-state index is 12.9. The highest BCUT2D eigenvalue weighted by Gasteiger charge is 2.38. The summed E-state index contributed by atoms with van der Waals surface area (Å²) >= 11 is 6.09. The van der Waals surface area contributed by atoms with Gasteiger partial charge in [-0.25, -0.2) is 9.78 Å². The van der Waals surface area contributed by atoms with E-state index in [1.165, 1.54) is 18.2 Å². The highest BCUT2D eigenvalue weighted by molar-refractivity contribution is 6.32. The zero-order valence-corrected chi connectivity index (χ0v) is 24.5. The van der Waals surface area contributed by atoms with E-state index >= 15 is 0 Å². The van der Waals surface area contributed by atoms with E-state index in [2.05, 4.69) is 16.0 Å². The molecule has 0 spiro atoms. The number of hydrogen-bond donors (Lipinski definition) is 4. The van der Waals surface area contributed by atoms with Crippen molar-refractivity contribution in [2.45, 2.75) is 64.5 Å². The molecule has 0 saturated heterocycles. The molecule has 3 atom stereocenters. The molecule has 0 unspecified atom stereocenters. The fourth-order valence-corrected chi connectivity index (χ4v) is 4.47. The van der Waals surface area contributed by atoms with Crippen molar-refractivity contribution >= 4 is 23.5 Å². The summed E-state index contributed by atoms with van der Waals surface area (Å²) in [7, 11) is 1.55. The van der Waals surface area contributed by atoms with Crippen LogP contribution in [0.2, 0.25) is 5.02 Å². The third kappa shape index (κ3) is 8.62. The van der Waals surface area contributed by atoms with E-state index in [4.69, 9.17) is 21.3 Å². The lowest BCUT2D eigenvalue weighted by Gasteiger charge is -2.20. The number of imidazole rings is 1. The zero-order chi connectivity index (χ0) is 31.0. The van der Waals surface area contributed by atoms with Gasteiger partial charge < -0.3 is 30.4 Å². The molecule has 9 nitrogen and oxygen atoms in total. The molecule has 13 heteroatoms. The van der Waals surface area contributed by atoms with Crippen LogP contribution in [0.15, 0.2) is 48.7 Å². The fourth-order valence-electron chi connectivity index (χ4n) is 4.24. The first-order chi connectivity index (χ1) is 19.9. The van der Waals surface area contributed by atoms with Crippen LogP contribution >= 0.6 is 11.6 Å². The number of benzene rings is 2. The van der Waals surface area contributed by atoms with Gasteiger partial charge in [0, 0.05) is 43.6 Å². The topological polar surface area (TPSA) is 118 Å². The minimum absolute atomic E-state index is 0.125. The third-order valence-corrected chi connectivity index (χ3v) is 6.91. The maximum Gasteiger partial charge on any atom is 0.425 e. The molecule has 1 aromatic heterocycles. The van der Waals surface area contributed by atoms with Crippen LogP contribution in [0, 0.1) is 0 Å². The fraction of sp³-hybridized carbons (Fsp3) is 0.414. The van der Waals surface area contributed by atoms with E-state index in [9.17, 15) is 27.9 Å². The molecule has 228 valence electrons. The third-order valence-electron chi connectivity index (χ3n) is 6.61. The molecule has 0 radical (unpaired) electrons. The quantitative estimate of drug-likeness (QED) is 0.223. The lowest BCUT2D eigenvalue weighted by atomic mass is 10.0. The normalized spacial score (nSPS) is 13.6. The summed E-state index contributed by atoms with van der Waals surface area (Å²) < 4.78 is 45.3. The Hall–Kier alpha value is -3.77. The molecule has 3 rings (SSSR count). The highest BCUT2D eigenvalue weighted by Crippen LogP contribution is 2.31. The first kappa shape index (κ1) is 32.7. The van der Waals surface area contributed by atoms with E-state index in [0.717, 1.165) is 29.6 Å². The molecule has 0 saturated carbocycles. The second kappa shape index (κ2) is 14.4. The van der Waals surface area contributed by atoms with Crippen molar-refractivity contribution in [1.82, 2.24) is 25.5 Å². The number of nitrogens with one attached hydrogen (secondary N) is 3. The SMILES string of the molecule is CCn1cc(-c2ccc(C[C@@H](CCO)NC(=O)c3ccc(O[C@H](C)C(F)(F)F)c(Cl)c3)cc2)nc1[C@@H](C)NC(=O)NC. The van der Waals surface area contributed by atoms with Crippen molar-refractivity contribution in [2.75, 3.05) is 13.7 Å². The molecular weight excluding hydrogens is 575 g/mol. The zero-order valence-electron chi connectivity index (χ0n) is 23.8. The van der Waals surface area contributed by atoms with E-state index < -0.39 is 24.2 Å². The highest BCUT2D eigenvalue weighted by atomic mass is 35.5. The predicted octanol–water partition coefficient (Wildman–Crippen LogP) is 5.27. The van der Waals surface area contributed by atoms with Gasteiger partial charge in [-0.3, -0.25) is 4.79 Å². The van der Waals surface area contributed by atoms with Crippen LogP contribution in [0.3, 0.4) is 0 Å². The first-order valence-electron chi connectivity index (χ1n) is 13.5. The lowest BCUT2D eigenvalue weighted by molar-refractivity contribution is -0.189. The Balaban J connectivity index is 1.69. The number of aromatic nitrogens is 2. The van der Waals surface area contributed by atoms with Crippen molar-refractivity contribution in [3.8, 4) is 17.0 Å². The van der Waals surface area contributed by atoms with Crippen molar-refractivity contribution in [1.29, 1.82) is 0 Å². The predicted molar refractivity (Wildman–Crippen MR) is 154 cm³/mol. The van der Waals surface area contributed by atoms with Gasteiger partial charge in [-0.15, -0.1) is 0 Å². The summed E-state index contributed by atoms with van der Waals surface area (Å²) in [6, 6.07) is 10.4. The monoisotopic (exact) mass is 609 g/mol. The lowest BCUT2D eigenvalue weighted by Crippen LogP contribution is -2.37. The molecule has 3 aromatic rings. The number of aliphatic hydroxyl groups is 1. The summed E-state index contributed by atoms with van der Waals surface area (Å²) in [5.74, 6) is 0.0538. The molecule has 0 aliphatic rings. The number of halogens is 4. The van der Waals surface area contributed by atoms with Crippen LogP contribution in [0.25, 0.3) is 11.3 Å². The molecule has 0 bridgehead atoms. The van der Waals surface area contributed by atoms with Crippen molar-refractivity contribution in [2.24, 2.45) is 0 Å². The summed E-state index contributed by atoms with van der Waals surface area (Å²) in [6.07, 6.45) is -3.99. The Morgan fingerprint density at radius 2 is 1.81 bits per heavy atom. The van der Waals surface area contributed by atoms with Crippen molar-refractivity contribution in [3.05, 3.63) is 70.6 Å². The molecule has 42 heavy (non-hydrogen) atoms.